The standard InChI is InChI=1S/C16H29N3O2.Co/c1-13(11-15(3)20)18-9-5-7-17-8-6-10-19-14(2)12-16(4)21;/h11-12,17,20-21H,5-10H2,1-4H3;/b15-11-,16-12-,18-13?,19-14?;. The first-order valence-electron chi connectivity index (χ1n) is 7.39. The first kappa shape index (κ1) is 23.2. The minimum absolute atomic E-state index is 0. The van der Waals surface area contributed by atoms with Crippen LogP contribution in [-0.2, 0) is 16.8 Å². The van der Waals surface area contributed by atoms with E-state index in [2.05, 4.69) is 15.3 Å². The largest absolute Gasteiger partial charge is 0.513 e. The molecule has 0 heterocycles. The fourth-order valence-corrected chi connectivity index (χ4v) is 1.74. The molecule has 0 aromatic heterocycles. The van der Waals surface area contributed by atoms with Crippen LogP contribution in [0.2, 0.25) is 0 Å². The Morgan fingerprint density at radius 1 is 0.818 bits per heavy atom. The smallest absolute Gasteiger partial charge is 0.0909 e. The van der Waals surface area contributed by atoms with Crippen molar-refractivity contribution in [1.82, 2.24) is 5.32 Å². The summed E-state index contributed by atoms with van der Waals surface area (Å²) in [6, 6.07) is 0. The third kappa shape index (κ3) is 16.9. The van der Waals surface area contributed by atoms with Gasteiger partial charge in [-0.15, -0.1) is 0 Å². The molecular weight excluding hydrogens is 325 g/mol. The minimum atomic E-state index is 0. The van der Waals surface area contributed by atoms with Crippen LogP contribution in [0.25, 0.3) is 0 Å². The minimum Gasteiger partial charge on any atom is -0.513 e. The van der Waals surface area contributed by atoms with E-state index in [0.29, 0.717) is 0 Å². The second kappa shape index (κ2) is 14.8. The molecule has 6 heteroatoms. The maximum atomic E-state index is 9.07. The predicted octanol–water partition coefficient (Wildman–Crippen LogP) is 3.20. The summed E-state index contributed by atoms with van der Waals surface area (Å²) in [6.07, 6.45) is 5.28. The molecule has 5 nitrogen and oxygen atoms in total. The van der Waals surface area contributed by atoms with Gasteiger partial charge < -0.3 is 15.5 Å². The maximum Gasteiger partial charge on any atom is 0.0909 e. The van der Waals surface area contributed by atoms with Crippen LogP contribution in [-0.4, -0.2) is 47.8 Å². The molecule has 129 valence electrons. The number of aliphatic hydroxyl groups is 2. The predicted molar refractivity (Wildman–Crippen MR) is 90.8 cm³/mol. The number of rotatable bonds is 10. The van der Waals surface area contributed by atoms with Crippen molar-refractivity contribution in [3.05, 3.63) is 23.7 Å². The van der Waals surface area contributed by atoms with Gasteiger partial charge in [0.2, 0.25) is 0 Å². The Balaban J connectivity index is 0. The van der Waals surface area contributed by atoms with Crippen LogP contribution in [0.4, 0.5) is 0 Å². The summed E-state index contributed by atoms with van der Waals surface area (Å²) in [4.78, 5) is 8.67. The zero-order valence-electron chi connectivity index (χ0n) is 14.0. The van der Waals surface area contributed by atoms with Crippen LogP contribution >= 0.6 is 0 Å². The van der Waals surface area contributed by atoms with Crippen LogP contribution in [0.5, 0.6) is 0 Å². The summed E-state index contributed by atoms with van der Waals surface area (Å²) < 4.78 is 0. The van der Waals surface area contributed by atoms with Crippen molar-refractivity contribution in [2.75, 3.05) is 26.2 Å². The molecule has 0 amide bonds. The van der Waals surface area contributed by atoms with E-state index in [1.807, 2.05) is 13.8 Å². The Hall–Kier alpha value is -1.11. The third-order valence-corrected chi connectivity index (χ3v) is 2.58. The molecule has 3 N–H and O–H groups in total. The van der Waals surface area contributed by atoms with Gasteiger partial charge in [-0.2, -0.15) is 0 Å². The molecule has 0 aliphatic heterocycles. The Morgan fingerprint density at radius 3 is 1.50 bits per heavy atom. The van der Waals surface area contributed by atoms with E-state index in [1.54, 1.807) is 26.0 Å². The Bertz CT molecular complexity index is 370. The van der Waals surface area contributed by atoms with E-state index < -0.39 is 0 Å². The quantitative estimate of drug-likeness (QED) is 0.320. The second-order valence-electron chi connectivity index (χ2n) is 5.07. The number of aliphatic imine (C=N–C) groups is 2. The molecule has 0 fully saturated rings. The van der Waals surface area contributed by atoms with E-state index in [9.17, 15) is 0 Å². The molecule has 0 atom stereocenters. The van der Waals surface area contributed by atoms with Crippen molar-refractivity contribution in [2.45, 2.75) is 40.5 Å². The van der Waals surface area contributed by atoms with E-state index in [0.717, 1.165) is 50.4 Å². The van der Waals surface area contributed by atoms with E-state index in [4.69, 9.17) is 10.2 Å². The molecule has 0 saturated carbocycles. The van der Waals surface area contributed by atoms with Crippen molar-refractivity contribution in [3.8, 4) is 0 Å². The summed E-state index contributed by atoms with van der Waals surface area (Å²) >= 11 is 0. The topological polar surface area (TPSA) is 77.2 Å². The second-order valence-corrected chi connectivity index (χ2v) is 5.07. The molecule has 0 saturated heterocycles. The SMILES string of the molecule is CC(/C=C(/C)O)=NCCCNCCCN=C(C)/C=C(/C)O.[Co]. The Kier molecular flexibility index (Phi) is 15.6. The molecule has 0 aliphatic rings. The molecule has 0 rings (SSSR count). The van der Waals surface area contributed by atoms with Crippen molar-refractivity contribution in [1.29, 1.82) is 0 Å². The summed E-state index contributed by atoms with van der Waals surface area (Å²) in [7, 11) is 0. The molecule has 0 aromatic rings. The van der Waals surface area contributed by atoms with Crippen LogP contribution < -0.4 is 5.32 Å². The van der Waals surface area contributed by atoms with Crippen LogP contribution in [0.1, 0.15) is 40.5 Å². The monoisotopic (exact) mass is 354 g/mol. The zero-order valence-corrected chi connectivity index (χ0v) is 15.1. The van der Waals surface area contributed by atoms with Gasteiger partial charge in [-0.3, -0.25) is 9.98 Å². The van der Waals surface area contributed by atoms with E-state index in [-0.39, 0.29) is 28.3 Å². The van der Waals surface area contributed by atoms with Crippen molar-refractivity contribution in [3.63, 3.8) is 0 Å². The summed E-state index contributed by atoms with van der Waals surface area (Å²) in [6.45, 7) is 10.4. The van der Waals surface area contributed by atoms with Crippen LogP contribution in [0.15, 0.2) is 33.7 Å². The average Bonchev–Trinajstić information content (AvgIpc) is 2.34. The van der Waals surface area contributed by atoms with E-state index >= 15 is 0 Å². The number of aliphatic hydroxyl groups excluding tert-OH is 2. The molecule has 0 spiro atoms. The summed E-state index contributed by atoms with van der Waals surface area (Å²) in [5.74, 6) is 0.577. The van der Waals surface area contributed by atoms with Gasteiger partial charge in [0, 0.05) is 41.3 Å². The van der Waals surface area contributed by atoms with Gasteiger partial charge >= 0.3 is 0 Å². The molecule has 1 radical (unpaired) electrons. The normalized spacial score (nSPS) is 14.0. The molecule has 0 unspecified atom stereocenters. The fraction of sp³-hybridized carbons (Fsp3) is 0.625. The number of nitrogens with one attached hydrogen (secondary N) is 1. The number of hydrogen-bond donors (Lipinski definition) is 3. The van der Waals surface area contributed by atoms with Crippen LogP contribution in [0, 0.1) is 0 Å². The summed E-state index contributed by atoms with van der Waals surface area (Å²) in [5, 5.41) is 21.5. The van der Waals surface area contributed by atoms with Gasteiger partial charge in [0.1, 0.15) is 0 Å². The van der Waals surface area contributed by atoms with Gasteiger partial charge in [-0.1, -0.05) is 0 Å². The number of nitrogens with zero attached hydrogens (tertiary/aromatic N) is 2. The molecule has 22 heavy (non-hydrogen) atoms. The molecular formula is C16H29CoN3O2. The van der Waals surface area contributed by atoms with Gasteiger partial charge in [0.25, 0.3) is 0 Å². The third-order valence-electron chi connectivity index (χ3n) is 2.58. The summed E-state index contributed by atoms with van der Waals surface area (Å²) in [5.41, 5.74) is 1.71. The molecule has 0 aliphatic carbocycles. The fourth-order valence-electron chi connectivity index (χ4n) is 1.74. The first-order valence-corrected chi connectivity index (χ1v) is 7.39. The maximum absolute atomic E-state index is 9.07. The van der Waals surface area contributed by atoms with Crippen molar-refractivity contribution >= 4 is 11.4 Å². The first-order chi connectivity index (χ1) is 9.91. The van der Waals surface area contributed by atoms with Gasteiger partial charge in [0.05, 0.1) is 11.5 Å². The zero-order chi connectivity index (χ0) is 16.1. The van der Waals surface area contributed by atoms with Gasteiger partial charge in [-0.25, -0.2) is 0 Å². The molecule has 0 bridgehead atoms. The van der Waals surface area contributed by atoms with Gasteiger partial charge in [0.15, 0.2) is 0 Å². The molecule has 0 aromatic carbocycles. The van der Waals surface area contributed by atoms with Crippen molar-refractivity contribution in [2.24, 2.45) is 9.98 Å². The number of allylic oxidation sites excluding steroid dienone is 4. The van der Waals surface area contributed by atoms with Crippen molar-refractivity contribution < 1.29 is 27.0 Å². The van der Waals surface area contributed by atoms with Gasteiger partial charge in [-0.05, 0) is 65.8 Å². The van der Waals surface area contributed by atoms with Crippen LogP contribution in [0.3, 0.4) is 0 Å². The number of hydrogen-bond acceptors (Lipinski definition) is 5. The Morgan fingerprint density at radius 2 is 1.18 bits per heavy atom. The Labute approximate surface area is 144 Å². The van der Waals surface area contributed by atoms with E-state index in [1.165, 1.54) is 0 Å². The average molecular weight is 354 g/mol.